The molecule has 12 heavy (non-hydrogen) atoms. The second-order valence-electron chi connectivity index (χ2n) is 2.86. The minimum Gasteiger partial charge on any atom is -0.392 e. The lowest BCUT2D eigenvalue weighted by Crippen LogP contribution is -1.76. The summed E-state index contributed by atoms with van der Waals surface area (Å²) in [6.45, 7) is 2.24. The van der Waals surface area contributed by atoms with Crippen LogP contribution in [-0.4, -0.2) is 11.7 Å². The van der Waals surface area contributed by atoms with Crippen molar-refractivity contribution in [3.63, 3.8) is 0 Å². The molecule has 0 atom stereocenters. The van der Waals surface area contributed by atoms with Crippen LogP contribution in [0.3, 0.4) is 0 Å². The first kappa shape index (κ1) is 11.4. The Kier molecular flexibility index (Phi) is 9.95. The molecule has 0 amide bonds. The van der Waals surface area contributed by atoms with E-state index in [-0.39, 0.29) is 6.61 Å². The molecule has 0 radical (unpaired) electrons. The highest BCUT2D eigenvalue weighted by Gasteiger charge is 1.84. The molecule has 0 aliphatic carbocycles. The van der Waals surface area contributed by atoms with Gasteiger partial charge in [-0.25, -0.2) is 0 Å². The van der Waals surface area contributed by atoms with Crippen LogP contribution in [0, 0.1) is 0 Å². The Hall–Kier alpha value is -0.560. The molecule has 0 aromatic rings. The molecule has 0 heterocycles. The molecule has 0 aromatic carbocycles. The van der Waals surface area contributed by atoms with Crippen molar-refractivity contribution in [2.24, 2.45) is 0 Å². The third-order valence-corrected chi connectivity index (χ3v) is 1.75. The summed E-state index contributed by atoms with van der Waals surface area (Å²) in [4.78, 5) is 0. The first-order valence-corrected chi connectivity index (χ1v) is 4.78. The van der Waals surface area contributed by atoms with E-state index in [1.54, 1.807) is 0 Å². The predicted octanol–water partition coefficient (Wildman–Crippen LogP) is 3.06. The Bertz CT molecular complexity index is 125. The van der Waals surface area contributed by atoms with Gasteiger partial charge >= 0.3 is 0 Å². The molecule has 0 aliphatic heterocycles. The average Bonchev–Trinajstić information content (AvgIpc) is 2.10. The highest BCUT2D eigenvalue weighted by atomic mass is 16.2. The standard InChI is InChI=1S/C11H20O/c1-2-3-4-5-6-7-8-9-10-11-12/h2-3,9-10,12H,4-8,11H2,1H3/b3-2+,10-9+. The summed E-state index contributed by atoms with van der Waals surface area (Å²) in [5.41, 5.74) is 0. The zero-order chi connectivity index (χ0) is 9.07. The molecule has 0 aliphatic rings. The molecular weight excluding hydrogens is 148 g/mol. The van der Waals surface area contributed by atoms with E-state index in [9.17, 15) is 0 Å². The Morgan fingerprint density at radius 3 is 2.17 bits per heavy atom. The van der Waals surface area contributed by atoms with E-state index in [0.29, 0.717) is 0 Å². The summed E-state index contributed by atoms with van der Waals surface area (Å²) >= 11 is 0. The first-order chi connectivity index (χ1) is 5.91. The lowest BCUT2D eigenvalue weighted by Gasteiger charge is -1.94. The molecule has 0 aromatic heterocycles. The SMILES string of the molecule is C/C=C/CCCCC/C=C/CO. The van der Waals surface area contributed by atoms with Crippen LogP contribution in [-0.2, 0) is 0 Å². The zero-order valence-corrected chi connectivity index (χ0v) is 8.00. The quantitative estimate of drug-likeness (QED) is 0.457. The molecule has 0 bridgehead atoms. The minimum atomic E-state index is 0.179. The average molecular weight is 168 g/mol. The number of rotatable bonds is 7. The Morgan fingerprint density at radius 1 is 0.917 bits per heavy atom. The highest BCUT2D eigenvalue weighted by molar-refractivity contribution is 4.80. The van der Waals surface area contributed by atoms with E-state index in [4.69, 9.17) is 5.11 Å². The van der Waals surface area contributed by atoms with Gasteiger partial charge in [-0.15, -0.1) is 0 Å². The third kappa shape index (κ3) is 9.44. The van der Waals surface area contributed by atoms with Crippen LogP contribution in [0.2, 0.25) is 0 Å². The lowest BCUT2D eigenvalue weighted by atomic mass is 10.1. The monoisotopic (exact) mass is 168 g/mol. The van der Waals surface area contributed by atoms with E-state index in [1.807, 2.05) is 6.08 Å². The maximum absolute atomic E-state index is 8.44. The smallest absolute Gasteiger partial charge is 0.0612 e. The van der Waals surface area contributed by atoms with E-state index >= 15 is 0 Å². The molecule has 0 saturated heterocycles. The summed E-state index contributed by atoms with van der Waals surface area (Å²) < 4.78 is 0. The Labute approximate surface area is 75.8 Å². The minimum absolute atomic E-state index is 0.179. The molecule has 70 valence electrons. The summed E-state index contributed by atoms with van der Waals surface area (Å²) in [5.74, 6) is 0. The fourth-order valence-electron chi connectivity index (χ4n) is 1.06. The van der Waals surface area contributed by atoms with E-state index < -0.39 is 0 Å². The third-order valence-electron chi connectivity index (χ3n) is 1.75. The van der Waals surface area contributed by atoms with Crippen molar-refractivity contribution in [3.05, 3.63) is 24.3 Å². The molecule has 0 spiro atoms. The molecule has 1 nitrogen and oxygen atoms in total. The van der Waals surface area contributed by atoms with Crippen molar-refractivity contribution < 1.29 is 5.11 Å². The number of aliphatic hydroxyl groups excluding tert-OH is 1. The first-order valence-electron chi connectivity index (χ1n) is 4.78. The van der Waals surface area contributed by atoms with Gasteiger partial charge in [0, 0.05) is 0 Å². The summed E-state index contributed by atoms with van der Waals surface area (Å²) in [7, 11) is 0. The summed E-state index contributed by atoms with van der Waals surface area (Å²) in [6.07, 6.45) is 14.3. The largest absolute Gasteiger partial charge is 0.392 e. The van der Waals surface area contributed by atoms with Gasteiger partial charge in [-0.3, -0.25) is 0 Å². The van der Waals surface area contributed by atoms with Crippen molar-refractivity contribution in [2.45, 2.75) is 39.0 Å². The molecule has 0 rings (SSSR count). The van der Waals surface area contributed by atoms with Crippen LogP contribution < -0.4 is 0 Å². The van der Waals surface area contributed by atoms with E-state index in [0.717, 1.165) is 6.42 Å². The van der Waals surface area contributed by atoms with Crippen LogP contribution in [0.4, 0.5) is 0 Å². The Morgan fingerprint density at radius 2 is 1.58 bits per heavy atom. The van der Waals surface area contributed by atoms with Crippen LogP contribution in [0.5, 0.6) is 0 Å². The van der Waals surface area contributed by atoms with Gasteiger partial charge in [0.05, 0.1) is 6.61 Å². The number of unbranched alkanes of at least 4 members (excludes halogenated alkanes) is 4. The van der Waals surface area contributed by atoms with Gasteiger partial charge in [-0.05, 0) is 32.6 Å². The Balaban J connectivity index is 2.95. The van der Waals surface area contributed by atoms with Gasteiger partial charge in [0.1, 0.15) is 0 Å². The predicted molar refractivity (Wildman–Crippen MR) is 54.1 cm³/mol. The number of hydrogen-bond acceptors (Lipinski definition) is 1. The maximum Gasteiger partial charge on any atom is 0.0612 e. The maximum atomic E-state index is 8.44. The van der Waals surface area contributed by atoms with Crippen molar-refractivity contribution in [2.75, 3.05) is 6.61 Å². The molecular formula is C11H20O. The van der Waals surface area contributed by atoms with Crippen LogP contribution in [0.15, 0.2) is 24.3 Å². The second-order valence-corrected chi connectivity index (χ2v) is 2.86. The van der Waals surface area contributed by atoms with E-state index in [2.05, 4.69) is 25.2 Å². The molecule has 0 unspecified atom stereocenters. The van der Waals surface area contributed by atoms with Crippen molar-refractivity contribution in [1.29, 1.82) is 0 Å². The van der Waals surface area contributed by atoms with Gasteiger partial charge in [0.15, 0.2) is 0 Å². The van der Waals surface area contributed by atoms with Gasteiger partial charge in [-0.1, -0.05) is 30.7 Å². The van der Waals surface area contributed by atoms with Crippen LogP contribution in [0.1, 0.15) is 39.0 Å². The topological polar surface area (TPSA) is 20.2 Å². The normalized spacial score (nSPS) is 11.8. The molecule has 0 fully saturated rings. The van der Waals surface area contributed by atoms with E-state index in [1.165, 1.54) is 25.7 Å². The van der Waals surface area contributed by atoms with Gasteiger partial charge < -0.3 is 5.11 Å². The highest BCUT2D eigenvalue weighted by Crippen LogP contribution is 2.03. The summed E-state index contributed by atoms with van der Waals surface area (Å²) in [5, 5.41) is 8.44. The second kappa shape index (κ2) is 10.4. The van der Waals surface area contributed by atoms with Crippen molar-refractivity contribution in [1.82, 2.24) is 0 Å². The van der Waals surface area contributed by atoms with Crippen LogP contribution >= 0.6 is 0 Å². The van der Waals surface area contributed by atoms with Gasteiger partial charge in [0.2, 0.25) is 0 Å². The number of allylic oxidation sites excluding steroid dienone is 3. The van der Waals surface area contributed by atoms with Gasteiger partial charge in [-0.2, -0.15) is 0 Å². The van der Waals surface area contributed by atoms with Crippen molar-refractivity contribution >= 4 is 0 Å². The lowest BCUT2D eigenvalue weighted by molar-refractivity contribution is 0.342. The fraction of sp³-hybridized carbons (Fsp3) is 0.636. The van der Waals surface area contributed by atoms with Gasteiger partial charge in [0.25, 0.3) is 0 Å². The zero-order valence-electron chi connectivity index (χ0n) is 8.00. The molecule has 1 heteroatoms. The molecule has 1 N–H and O–H groups in total. The van der Waals surface area contributed by atoms with Crippen molar-refractivity contribution in [3.8, 4) is 0 Å². The number of hydrogen-bond donors (Lipinski definition) is 1. The molecule has 0 saturated carbocycles. The fourth-order valence-corrected chi connectivity index (χ4v) is 1.06. The van der Waals surface area contributed by atoms with Crippen LogP contribution in [0.25, 0.3) is 0 Å². The number of aliphatic hydroxyl groups is 1. The summed E-state index contributed by atoms with van der Waals surface area (Å²) in [6, 6.07) is 0.